The van der Waals surface area contributed by atoms with E-state index in [2.05, 4.69) is 35.9 Å². The molecule has 0 radical (unpaired) electrons. The predicted octanol–water partition coefficient (Wildman–Crippen LogP) is 5.30. The average Bonchev–Trinajstić information content (AvgIpc) is 2.71. The van der Waals surface area contributed by atoms with Gasteiger partial charge < -0.3 is 15.1 Å². The van der Waals surface area contributed by atoms with Gasteiger partial charge in [0.2, 0.25) is 0 Å². The van der Waals surface area contributed by atoms with Crippen molar-refractivity contribution in [1.29, 1.82) is 0 Å². The van der Waals surface area contributed by atoms with Crippen LogP contribution < -0.4 is 5.32 Å². The molecule has 2 spiro atoms. The maximum absolute atomic E-state index is 3.56. The van der Waals surface area contributed by atoms with E-state index in [0.717, 1.165) is 28.8 Å². The molecule has 0 aromatic rings. The van der Waals surface area contributed by atoms with Gasteiger partial charge in [-0.25, -0.2) is 0 Å². The number of rotatable bonds is 5. The minimum atomic E-state index is 0.659. The Morgan fingerprint density at radius 2 is 1.20 bits per heavy atom. The van der Waals surface area contributed by atoms with Crippen LogP contribution in [-0.4, -0.2) is 61.2 Å². The van der Waals surface area contributed by atoms with Gasteiger partial charge in [0, 0.05) is 12.1 Å². The lowest BCUT2D eigenvalue weighted by Gasteiger charge is -2.60. The van der Waals surface area contributed by atoms with Crippen LogP contribution in [0.25, 0.3) is 0 Å². The molecule has 3 heteroatoms. The zero-order valence-electron chi connectivity index (χ0n) is 20.4. The number of piperidine rings is 3. The Kier molecular flexibility index (Phi) is 6.04. The fraction of sp³-hybridized carbons (Fsp3) is 1.00. The number of nitrogens with zero attached hydrogens (tertiary/aromatic N) is 2. The zero-order valence-corrected chi connectivity index (χ0v) is 20.4. The van der Waals surface area contributed by atoms with E-state index in [-0.39, 0.29) is 0 Å². The highest BCUT2D eigenvalue weighted by Crippen LogP contribution is 2.55. The third kappa shape index (κ3) is 4.13. The summed E-state index contributed by atoms with van der Waals surface area (Å²) in [4.78, 5) is 5.80. The molecule has 0 aromatic carbocycles. The minimum absolute atomic E-state index is 0.659. The standard InChI is InChI=1S/C27H49N3/c1-4-25(17-22(2)3)7-13-29(14-8-25)24-20-27(21-24)9-15-30(16-10-27)23-18-26(19-23)5-11-28-12-6-26/h22-24,28H,4-21H2,1-3H3. The lowest BCUT2D eigenvalue weighted by Crippen LogP contribution is -2.60. The normalized spacial score (nSPS) is 34.2. The lowest BCUT2D eigenvalue weighted by molar-refractivity contribution is -0.0896. The Morgan fingerprint density at radius 3 is 1.67 bits per heavy atom. The molecule has 5 rings (SSSR count). The molecule has 0 unspecified atom stereocenters. The van der Waals surface area contributed by atoms with Gasteiger partial charge in [0.1, 0.15) is 0 Å². The van der Waals surface area contributed by atoms with Gasteiger partial charge in [-0.3, -0.25) is 0 Å². The summed E-state index contributed by atoms with van der Waals surface area (Å²) in [6.07, 6.45) is 17.7. The average molecular weight is 416 g/mol. The fourth-order valence-corrected chi connectivity index (χ4v) is 8.46. The summed E-state index contributed by atoms with van der Waals surface area (Å²) < 4.78 is 0. The zero-order chi connectivity index (χ0) is 20.8. The monoisotopic (exact) mass is 415 g/mol. The topological polar surface area (TPSA) is 18.5 Å². The lowest BCUT2D eigenvalue weighted by atomic mass is 9.57. The third-order valence-electron chi connectivity index (χ3n) is 10.7. The largest absolute Gasteiger partial charge is 0.317 e. The van der Waals surface area contributed by atoms with Crippen molar-refractivity contribution in [2.75, 3.05) is 39.3 Å². The molecule has 172 valence electrons. The molecule has 3 nitrogen and oxygen atoms in total. The van der Waals surface area contributed by atoms with Crippen molar-refractivity contribution in [2.45, 2.75) is 110 Å². The quantitative estimate of drug-likeness (QED) is 0.657. The molecule has 2 saturated carbocycles. The van der Waals surface area contributed by atoms with Crippen LogP contribution >= 0.6 is 0 Å². The molecular formula is C27H49N3. The second-order valence-electron chi connectivity index (χ2n) is 12.9. The first kappa shape index (κ1) is 21.7. The smallest absolute Gasteiger partial charge is 0.0106 e. The first-order valence-corrected chi connectivity index (χ1v) is 13.6. The van der Waals surface area contributed by atoms with E-state index in [4.69, 9.17) is 0 Å². The molecule has 0 atom stereocenters. The Hall–Kier alpha value is -0.120. The SMILES string of the molecule is CCC1(CC(C)C)CCN(C2CC3(CCN(C4CC5(CCNCC5)C4)CC3)C2)CC1. The van der Waals surface area contributed by atoms with Gasteiger partial charge in [-0.1, -0.05) is 27.2 Å². The maximum atomic E-state index is 3.56. The number of nitrogens with one attached hydrogen (secondary N) is 1. The molecular weight excluding hydrogens is 366 g/mol. The van der Waals surface area contributed by atoms with E-state index in [1.807, 2.05) is 0 Å². The van der Waals surface area contributed by atoms with Crippen molar-refractivity contribution >= 4 is 0 Å². The van der Waals surface area contributed by atoms with Crippen LogP contribution in [0.5, 0.6) is 0 Å². The fourth-order valence-electron chi connectivity index (χ4n) is 8.46. The van der Waals surface area contributed by atoms with Crippen molar-refractivity contribution in [1.82, 2.24) is 15.1 Å². The molecule has 2 aliphatic carbocycles. The van der Waals surface area contributed by atoms with E-state index in [9.17, 15) is 0 Å². The van der Waals surface area contributed by atoms with Crippen LogP contribution in [0.15, 0.2) is 0 Å². The molecule has 3 aliphatic heterocycles. The van der Waals surface area contributed by atoms with Gasteiger partial charge in [0.25, 0.3) is 0 Å². The van der Waals surface area contributed by atoms with E-state index in [0.29, 0.717) is 5.41 Å². The molecule has 5 fully saturated rings. The Balaban J connectivity index is 1.04. The summed E-state index contributed by atoms with van der Waals surface area (Å²) in [5.41, 5.74) is 2.13. The van der Waals surface area contributed by atoms with Crippen molar-refractivity contribution in [2.24, 2.45) is 22.2 Å². The van der Waals surface area contributed by atoms with Gasteiger partial charge in [-0.15, -0.1) is 0 Å². The van der Waals surface area contributed by atoms with E-state index < -0.39 is 0 Å². The summed E-state index contributed by atoms with van der Waals surface area (Å²) in [6.45, 7) is 15.4. The summed E-state index contributed by atoms with van der Waals surface area (Å²) in [5.74, 6) is 0.856. The van der Waals surface area contributed by atoms with Gasteiger partial charge in [0.15, 0.2) is 0 Å². The van der Waals surface area contributed by atoms with Gasteiger partial charge in [0.05, 0.1) is 0 Å². The molecule has 3 saturated heterocycles. The van der Waals surface area contributed by atoms with Crippen molar-refractivity contribution in [3.63, 3.8) is 0 Å². The Morgan fingerprint density at radius 1 is 0.733 bits per heavy atom. The Bertz CT molecular complexity index is 561. The van der Waals surface area contributed by atoms with Gasteiger partial charge >= 0.3 is 0 Å². The summed E-state index contributed by atoms with van der Waals surface area (Å²) in [7, 11) is 0. The number of hydrogen-bond acceptors (Lipinski definition) is 3. The second-order valence-corrected chi connectivity index (χ2v) is 12.9. The molecule has 0 amide bonds. The van der Waals surface area contributed by atoms with Crippen LogP contribution in [0.1, 0.15) is 97.8 Å². The van der Waals surface area contributed by atoms with Crippen LogP contribution in [0.4, 0.5) is 0 Å². The molecule has 1 N–H and O–H groups in total. The predicted molar refractivity (Wildman–Crippen MR) is 127 cm³/mol. The second kappa shape index (κ2) is 8.34. The van der Waals surface area contributed by atoms with E-state index in [1.54, 1.807) is 0 Å². The summed E-state index contributed by atoms with van der Waals surface area (Å²) in [5, 5.41) is 3.56. The highest BCUT2D eigenvalue weighted by Gasteiger charge is 2.52. The van der Waals surface area contributed by atoms with Crippen molar-refractivity contribution < 1.29 is 0 Å². The maximum Gasteiger partial charge on any atom is 0.0106 e. The van der Waals surface area contributed by atoms with Crippen LogP contribution in [0.3, 0.4) is 0 Å². The molecule has 3 heterocycles. The Labute approximate surface area is 186 Å². The molecule has 30 heavy (non-hydrogen) atoms. The van der Waals surface area contributed by atoms with Crippen molar-refractivity contribution in [3.05, 3.63) is 0 Å². The van der Waals surface area contributed by atoms with Crippen LogP contribution in [-0.2, 0) is 0 Å². The molecule has 5 aliphatic rings. The van der Waals surface area contributed by atoms with Crippen LogP contribution in [0.2, 0.25) is 0 Å². The van der Waals surface area contributed by atoms with Gasteiger partial charge in [-0.2, -0.15) is 0 Å². The first-order valence-electron chi connectivity index (χ1n) is 13.6. The van der Waals surface area contributed by atoms with E-state index >= 15 is 0 Å². The van der Waals surface area contributed by atoms with Crippen LogP contribution in [0, 0.1) is 22.2 Å². The molecule has 0 aromatic heterocycles. The van der Waals surface area contributed by atoms with Gasteiger partial charge in [-0.05, 0) is 132 Å². The summed E-state index contributed by atoms with van der Waals surface area (Å²) in [6, 6.07) is 1.86. The first-order chi connectivity index (χ1) is 14.4. The highest BCUT2D eigenvalue weighted by molar-refractivity contribution is 5.06. The molecule has 0 bridgehead atoms. The minimum Gasteiger partial charge on any atom is -0.317 e. The van der Waals surface area contributed by atoms with Crippen molar-refractivity contribution in [3.8, 4) is 0 Å². The summed E-state index contributed by atoms with van der Waals surface area (Å²) >= 11 is 0. The van der Waals surface area contributed by atoms with E-state index in [1.165, 1.54) is 116 Å². The number of hydrogen-bond donors (Lipinski definition) is 1. The number of likely N-dealkylation sites (tertiary alicyclic amines) is 2. The third-order valence-corrected chi connectivity index (χ3v) is 10.7. The highest BCUT2D eigenvalue weighted by atomic mass is 15.2.